The second-order valence-corrected chi connectivity index (χ2v) is 4.33. The van der Waals surface area contributed by atoms with Crippen molar-refractivity contribution in [1.29, 1.82) is 0 Å². The van der Waals surface area contributed by atoms with Crippen molar-refractivity contribution in [3.05, 3.63) is 23.7 Å². The molecule has 1 aromatic heterocycles. The molecule has 2 N–H and O–H groups in total. The normalized spacial score (nSPS) is 12.5. The Bertz CT molecular complexity index is 408. The maximum atomic E-state index is 11.8. The Labute approximate surface area is 99.8 Å². The van der Waals surface area contributed by atoms with Gasteiger partial charge in [0.1, 0.15) is 0 Å². The van der Waals surface area contributed by atoms with Crippen molar-refractivity contribution in [1.82, 2.24) is 5.32 Å². The molecular formula is C12H17NO4. The first-order chi connectivity index (χ1) is 7.91. The van der Waals surface area contributed by atoms with E-state index in [1.165, 1.54) is 6.26 Å². The molecule has 0 spiro atoms. The maximum Gasteiger partial charge on any atom is 0.305 e. The number of carboxylic acids is 1. The third kappa shape index (κ3) is 3.62. The highest BCUT2D eigenvalue weighted by Gasteiger charge is 2.19. The van der Waals surface area contributed by atoms with Crippen molar-refractivity contribution in [2.45, 2.75) is 39.2 Å². The Hall–Kier alpha value is -1.78. The monoisotopic (exact) mass is 239 g/mol. The lowest BCUT2D eigenvalue weighted by Crippen LogP contribution is -2.34. The van der Waals surface area contributed by atoms with E-state index in [4.69, 9.17) is 9.52 Å². The van der Waals surface area contributed by atoms with Gasteiger partial charge in [-0.05, 0) is 18.9 Å². The first kappa shape index (κ1) is 13.3. The average Bonchev–Trinajstić information content (AvgIpc) is 2.63. The summed E-state index contributed by atoms with van der Waals surface area (Å²) in [5, 5.41) is 11.2. The molecule has 1 unspecified atom stereocenters. The molecule has 0 aliphatic carbocycles. The molecule has 1 aromatic rings. The van der Waals surface area contributed by atoms with Crippen LogP contribution in [0.25, 0.3) is 0 Å². The van der Waals surface area contributed by atoms with Gasteiger partial charge in [0, 0.05) is 11.6 Å². The first-order valence-electron chi connectivity index (χ1n) is 5.51. The van der Waals surface area contributed by atoms with E-state index in [1.54, 1.807) is 13.0 Å². The second kappa shape index (κ2) is 5.52. The van der Waals surface area contributed by atoms with Crippen LogP contribution >= 0.6 is 0 Å². The number of nitrogens with one attached hydrogen (secondary N) is 1. The molecule has 0 bridgehead atoms. The number of hydrogen-bond donors (Lipinski definition) is 2. The number of carbonyl (C=O) groups is 2. The van der Waals surface area contributed by atoms with Gasteiger partial charge in [-0.25, -0.2) is 0 Å². The van der Waals surface area contributed by atoms with Crippen LogP contribution in [0.15, 0.2) is 16.7 Å². The quantitative estimate of drug-likeness (QED) is 0.823. The Morgan fingerprint density at radius 1 is 1.41 bits per heavy atom. The number of carbonyl (C=O) groups excluding carboxylic acids is 1. The van der Waals surface area contributed by atoms with E-state index in [1.807, 2.05) is 13.8 Å². The number of hydrogen-bond acceptors (Lipinski definition) is 3. The highest BCUT2D eigenvalue weighted by molar-refractivity contribution is 5.93. The van der Waals surface area contributed by atoms with E-state index >= 15 is 0 Å². The Morgan fingerprint density at radius 3 is 2.59 bits per heavy atom. The lowest BCUT2D eigenvalue weighted by atomic mass is 10.0. The topological polar surface area (TPSA) is 79.5 Å². The van der Waals surface area contributed by atoms with Crippen LogP contribution in [-0.2, 0) is 4.79 Å². The van der Waals surface area contributed by atoms with Gasteiger partial charge in [0.15, 0.2) is 5.76 Å². The van der Waals surface area contributed by atoms with Crippen molar-refractivity contribution in [3.8, 4) is 0 Å². The minimum Gasteiger partial charge on any atom is -0.481 e. The summed E-state index contributed by atoms with van der Waals surface area (Å²) in [4.78, 5) is 22.3. The average molecular weight is 239 g/mol. The molecular weight excluding hydrogens is 222 g/mol. The Morgan fingerprint density at radius 2 is 2.06 bits per heavy atom. The first-order valence-corrected chi connectivity index (χ1v) is 5.51. The van der Waals surface area contributed by atoms with E-state index < -0.39 is 12.0 Å². The summed E-state index contributed by atoms with van der Waals surface area (Å²) in [6.07, 6.45) is 1.36. The third-order valence-corrected chi connectivity index (χ3v) is 2.38. The van der Waals surface area contributed by atoms with Crippen LogP contribution < -0.4 is 5.32 Å². The largest absolute Gasteiger partial charge is 0.481 e. The van der Waals surface area contributed by atoms with Gasteiger partial charge in [-0.15, -0.1) is 0 Å². The summed E-state index contributed by atoms with van der Waals surface area (Å²) in [6.45, 7) is 5.56. The zero-order chi connectivity index (χ0) is 13.0. The molecule has 1 rings (SSSR count). The lowest BCUT2D eigenvalue weighted by molar-refractivity contribution is -0.137. The van der Waals surface area contributed by atoms with Crippen molar-refractivity contribution in [2.75, 3.05) is 0 Å². The molecule has 5 heteroatoms. The van der Waals surface area contributed by atoms with Crippen molar-refractivity contribution in [3.63, 3.8) is 0 Å². The molecule has 0 saturated heterocycles. The van der Waals surface area contributed by atoms with Crippen LogP contribution in [0.1, 0.15) is 49.2 Å². The molecule has 1 atom stereocenters. The van der Waals surface area contributed by atoms with Crippen LogP contribution in [0.3, 0.4) is 0 Å². The predicted octanol–water partition coefficient (Wildman–Crippen LogP) is 2.00. The number of rotatable bonds is 5. The van der Waals surface area contributed by atoms with E-state index in [0.29, 0.717) is 0 Å². The van der Waals surface area contributed by atoms with Gasteiger partial charge in [0.25, 0.3) is 5.91 Å². The number of furan rings is 1. The summed E-state index contributed by atoms with van der Waals surface area (Å²) in [5.74, 6) is -0.865. The van der Waals surface area contributed by atoms with Gasteiger partial charge in [-0.1, -0.05) is 13.8 Å². The van der Waals surface area contributed by atoms with E-state index in [-0.39, 0.29) is 24.0 Å². The summed E-state index contributed by atoms with van der Waals surface area (Å²) >= 11 is 0. The zero-order valence-electron chi connectivity index (χ0n) is 10.2. The van der Waals surface area contributed by atoms with Gasteiger partial charge in [-0.2, -0.15) is 0 Å². The maximum absolute atomic E-state index is 11.8. The minimum atomic E-state index is -0.943. The standard InChI is InChI=1S/C12H17NO4/c1-7(2)9-4-5-17-11(9)12(16)13-8(3)6-10(14)15/h4-5,7-8H,6H2,1-3H3,(H,13,16)(H,14,15). The predicted molar refractivity (Wildman–Crippen MR) is 62.0 cm³/mol. The van der Waals surface area contributed by atoms with Crippen molar-refractivity contribution in [2.24, 2.45) is 0 Å². The lowest BCUT2D eigenvalue weighted by Gasteiger charge is -2.11. The molecule has 0 aromatic carbocycles. The molecule has 1 heterocycles. The van der Waals surface area contributed by atoms with Gasteiger partial charge < -0.3 is 14.8 Å². The van der Waals surface area contributed by atoms with Gasteiger partial charge in [0.05, 0.1) is 12.7 Å². The fourth-order valence-corrected chi connectivity index (χ4v) is 1.56. The summed E-state index contributed by atoms with van der Waals surface area (Å²) < 4.78 is 5.13. The molecule has 5 nitrogen and oxygen atoms in total. The van der Waals surface area contributed by atoms with Crippen LogP contribution in [0.4, 0.5) is 0 Å². The number of amides is 1. The van der Waals surface area contributed by atoms with Crippen LogP contribution in [0, 0.1) is 0 Å². The smallest absolute Gasteiger partial charge is 0.305 e. The number of aliphatic carboxylic acids is 1. The highest BCUT2D eigenvalue weighted by Crippen LogP contribution is 2.20. The van der Waals surface area contributed by atoms with Gasteiger partial charge >= 0.3 is 5.97 Å². The van der Waals surface area contributed by atoms with Crippen molar-refractivity contribution >= 4 is 11.9 Å². The van der Waals surface area contributed by atoms with Gasteiger partial charge in [-0.3, -0.25) is 9.59 Å². The fraction of sp³-hybridized carbons (Fsp3) is 0.500. The third-order valence-electron chi connectivity index (χ3n) is 2.38. The van der Waals surface area contributed by atoms with Gasteiger partial charge in [0.2, 0.25) is 0 Å². The molecule has 1 amide bonds. The highest BCUT2D eigenvalue weighted by atomic mass is 16.4. The molecule has 94 valence electrons. The minimum absolute atomic E-state index is 0.108. The summed E-state index contributed by atoms with van der Waals surface area (Å²) in [7, 11) is 0. The van der Waals surface area contributed by atoms with E-state index in [2.05, 4.69) is 5.32 Å². The Balaban J connectivity index is 2.70. The Kier molecular flexibility index (Phi) is 4.31. The molecule has 0 aliphatic rings. The SMILES string of the molecule is CC(CC(=O)O)NC(=O)c1occc1C(C)C. The molecule has 0 saturated carbocycles. The second-order valence-electron chi connectivity index (χ2n) is 4.33. The zero-order valence-corrected chi connectivity index (χ0v) is 10.2. The molecule has 17 heavy (non-hydrogen) atoms. The molecule has 0 fully saturated rings. The summed E-state index contributed by atoms with van der Waals surface area (Å²) in [6, 6.07) is 1.33. The van der Waals surface area contributed by atoms with Crippen LogP contribution in [-0.4, -0.2) is 23.0 Å². The van der Waals surface area contributed by atoms with Crippen molar-refractivity contribution < 1.29 is 19.1 Å². The van der Waals surface area contributed by atoms with E-state index in [0.717, 1.165) is 5.56 Å². The fourth-order valence-electron chi connectivity index (χ4n) is 1.56. The van der Waals surface area contributed by atoms with E-state index in [9.17, 15) is 9.59 Å². The number of carboxylic acid groups (broad SMARTS) is 1. The molecule has 0 aliphatic heterocycles. The van der Waals surface area contributed by atoms with Crippen LogP contribution in [0.5, 0.6) is 0 Å². The van der Waals surface area contributed by atoms with Crippen LogP contribution in [0.2, 0.25) is 0 Å². The summed E-state index contributed by atoms with van der Waals surface area (Å²) in [5.41, 5.74) is 0.824. The molecule has 0 radical (unpaired) electrons.